The molecule has 1 aromatic heterocycles. The second-order valence-corrected chi connectivity index (χ2v) is 4.46. The van der Waals surface area contributed by atoms with E-state index in [1.54, 1.807) is 25.1 Å². The van der Waals surface area contributed by atoms with Crippen molar-refractivity contribution in [2.45, 2.75) is 0 Å². The van der Waals surface area contributed by atoms with Crippen molar-refractivity contribution in [3.63, 3.8) is 0 Å². The van der Waals surface area contributed by atoms with Gasteiger partial charge in [0.05, 0.1) is 11.4 Å². The fourth-order valence-corrected chi connectivity index (χ4v) is 1.74. The Kier molecular flexibility index (Phi) is 3.34. The molecular formula is C12H12ClFN4. The van der Waals surface area contributed by atoms with Gasteiger partial charge in [-0.15, -0.1) is 10.2 Å². The van der Waals surface area contributed by atoms with Gasteiger partial charge in [-0.1, -0.05) is 11.6 Å². The zero-order valence-electron chi connectivity index (χ0n) is 9.98. The monoisotopic (exact) mass is 266 g/mol. The van der Waals surface area contributed by atoms with E-state index in [9.17, 15) is 4.39 Å². The summed E-state index contributed by atoms with van der Waals surface area (Å²) in [7, 11) is 3.61. The van der Waals surface area contributed by atoms with E-state index in [1.807, 2.05) is 0 Å². The Morgan fingerprint density at radius 1 is 1.22 bits per heavy atom. The van der Waals surface area contributed by atoms with Crippen LogP contribution in [0.3, 0.4) is 0 Å². The minimum absolute atomic E-state index is 0.284. The third kappa shape index (κ3) is 2.36. The summed E-state index contributed by atoms with van der Waals surface area (Å²) in [5, 5.41) is 8.36. The molecule has 4 nitrogen and oxygen atoms in total. The average Bonchev–Trinajstić information content (AvgIpc) is 2.31. The van der Waals surface area contributed by atoms with Crippen LogP contribution in [0, 0.1) is 5.82 Å². The van der Waals surface area contributed by atoms with Crippen LogP contribution in [0.25, 0.3) is 11.3 Å². The molecule has 0 aliphatic carbocycles. The zero-order chi connectivity index (χ0) is 13.3. The van der Waals surface area contributed by atoms with Gasteiger partial charge in [0.2, 0.25) is 0 Å². The second kappa shape index (κ2) is 4.78. The molecule has 0 aliphatic rings. The number of hydrogen-bond acceptors (Lipinski definition) is 4. The van der Waals surface area contributed by atoms with Gasteiger partial charge in [0.15, 0.2) is 5.82 Å². The highest BCUT2D eigenvalue weighted by molar-refractivity contribution is 6.30. The molecule has 0 spiro atoms. The van der Waals surface area contributed by atoms with Crippen LogP contribution >= 0.6 is 11.6 Å². The molecule has 0 radical (unpaired) electrons. The number of nitrogens with zero attached hydrogens (tertiary/aromatic N) is 3. The lowest BCUT2D eigenvalue weighted by atomic mass is 10.1. The molecule has 6 heteroatoms. The maximum Gasteiger partial charge on any atom is 0.174 e. The fraction of sp³-hybridized carbons (Fsp3) is 0.167. The van der Waals surface area contributed by atoms with Crippen LogP contribution in [0.15, 0.2) is 24.3 Å². The standard InChI is InChI=1S/C12H12ClFN4/c1-18(2)12-10(15)6-11(16-17-12)8-5-7(13)3-4-9(8)14/h3-6H,1-2H3,(H2,15,16). The Morgan fingerprint density at radius 3 is 2.56 bits per heavy atom. The number of anilines is 2. The molecule has 94 valence electrons. The zero-order valence-corrected chi connectivity index (χ0v) is 10.7. The third-order valence-corrected chi connectivity index (χ3v) is 2.67. The number of halogens is 2. The number of aromatic nitrogens is 2. The first kappa shape index (κ1) is 12.6. The Hall–Kier alpha value is -1.88. The van der Waals surface area contributed by atoms with Gasteiger partial charge in [-0.05, 0) is 24.3 Å². The molecule has 1 heterocycles. The predicted octanol–water partition coefficient (Wildman–Crippen LogP) is 2.58. The van der Waals surface area contributed by atoms with Crippen molar-refractivity contribution in [1.29, 1.82) is 0 Å². The van der Waals surface area contributed by atoms with E-state index in [2.05, 4.69) is 10.2 Å². The maximum absolute atomic E-state index is 13.7. The van der Waals surface area contributed by atoms with E-state index < -0.39 is 5.82 Å². The molecule has 2 aromatic rings. The molecule has 0 unspecified atom stereocenters. The molecule has 2 N–H and O–H groups in total. The van der Waals surface area contributed by atoms with E-state index in [4.69, 9.17) is 17.3 Å². The molecule has 0 atom stereocenters. The van der Waals surface area contributed by atoms with Gasteiger partial charge in [-0.3, -0.25) is 0 Å². The summed E-state index contributed by atoms with van der Waals surface area (Å²) >= 11 is 5.83. The van der Waals surface area contributed by atoms with Gasteiger partial charge in [0, 0.05) is 24.7 Å². The van der Waals surface area contributed by atoms with E-state index in [1.165, 1.54) is 18.2 Å². The Morgan fingerprint density at radius 2 is 1.94 bits per heavy atom. The molecule has 0 amide bonds. The lowest BCUT2D eigenvalue weighted by Gasteiger charge is -2.13. The molecule has 0 fully saturated rings. The normalized spacial score (nSPS) is 10.4. The number of hydrogen-bond donors (Lipinski definition) is 1. The van der Waals surface area contributed by atoms with Crippen LogP contribution in [-0.2, 0) is 0 Å². The first-order chi connectivity index (χ1) is 8.49. The summed E-state index contributed by atoms with van der Waals surface area (Å²) in [5.74, 6) is 0.131. The minimum atomic E-state index is -0.411. The SMILES string of the molecule is CN(C)c1nnc(-c2cc(Cl)ccc2F)cc1N. The van der Waals surface area contributed by atoms with Gasteiger partial charge in [-0.25, -0.2) is 4.39 Å². The highest BCUT2D eigenvalue weighted by Gasteiger charge is 2.11. The number of benzene rings is 1. The van der Waals surface area contributed by atoms with Crippen molar-refractivity contribution in [3.8, 4) is 11.3 Å². The molecular weight excluding hydrogens is 255 g/mol. The lowest BCUT2D eigenvalue weighted by Crippen LogP contribution is -2.14. The first-order valence-corrected chi connectivity index (χ1v) is 5.63. The summed E-state index contributed by atoms with van der Waals surface area (Å²) in [6.07, 6.45) is 0. The van der Waals surface area contributed by atoms with Crippen molar-refractivity contribution < 1.29 is 4.39 Å². The molecule has 0 bridgehead atoms. The van der Waals surface area contributed by atoms with Crippen LogP contribution in [-0.4, -0.2) is 24.3 Å². The van der Waals surface area contributed by atoms with Gasteiger partial charge in [0.25, 0.3) is 0 Å². The quantitative estimate of drug-likeness (QED) is 0.908. The number of nitrogens with two attached hydrogens (primary N) is 1. The third-order valence-electron chi connectivity index (χ3n) is 2.43. The molecule has 18 heavy (non-hydrogen) atoms. The second-order valence-electron chi connectivity index (χ2n) is 4.03. The van der Waals surface area contributed by atoms with Crippen LogP contribution < -0.4 is 10.6 Å². The van der Waals surface area contributed by atoms with E-state index >= 15 is 0 Å². The van der Waals surface area contributed by atoms with Gasteiger partial charge in [0.1, 0.15) is 5.82 Å². The largest absolute Gasteiger partial charge is 0.396 e. The predicted molar refractivity (Wildman–Crippen MR) is 71.2 cm³/mol. The van der Waals surface area contributed by atoms with E-state index in [0.29, 0.717) is 22.2 Å². The van der Waals surface area contributed by atoms with E-state index in [0.717, 1.165) is 0 Å². The number of rotatable bonds is 2. The topological polar surface area (TPSA) is 55.0 Å². The van der Waals surface area contributed by atoms with Crippen molar-refractivity contribution >= 4 is 23.1 Å². The smallest absolute Gasteiger partial charge is 0.174 e. The molecule has 2 rings (SSSR count). The Labute approximate surface area is 109 Å². The van der Waals surface area contributed by atoms with Crippen LogP contribution in [0.2, 0.25) is 5.02 Å². The van der Waals surface area contributed by atoms with Gasteiger partial charge < -0.3 is 10.6 Å². The van der Waals surface area contributed by atoms with Crippen molar-refractivity contribution in [2.24, 2.45) is 0 Å². The summed E-state index contributed by atoms with van der Waals surface area (Å²) in [6, 6.07) is 5.84. The molecule has 1 aromatic carbocycles. The fourth-order valence-electron chi connectivity index (χ4n) is 1.57. The first-order valence-electron chi connectivity index (χ1n) is 5.25. The summed E-state index contributed by atoms with van der Waals surface area (Å²) in [5.41, 5.74) is 6.93. The van der Waals surface area contributed by atoms with Gasteiger partial charge >= 0.3 is 0 Å². The number of nitrogen functional groups attached to an aromatic ring is 1. The summed E-state index contributed by atoms with van der Waals surface area (Å²) < 4.78 is 13.7. The molecule has 0 saturated heterocycles. The van der Waals surface area contributed by atoms with Crippen molar-refractivity contribution in [3.05, 3.63) is 35.1 Å². The maximum atomic E-state index is 13.7. The highest BCUT2D eigenvalue weighted by atomic mass is 35.5. The average molecular weight is 267 g/mol. The Balaban J connectivity index is 2.52. The van der Waals surface area contributed by atoms with Crippen molar-refractivity contribution in [1.82, 2.24) is 10.2 Å². The lowest BCUT2D eigenvalue weighted by molar-refractivity contribution is 0.630. The molecule has 0 saturated carbocycles. The molecule has 0 aliphatic heterocycles. The Bertz CT molecular complexity index is 586. The van der Waals surface area contributed by atoms with Crippen LogP contribution in [0.1, 0.15) is 0 Å². The van der Waals surface area contributed by atoms with Crippen molar-refractivity contribution in [2.75, 3.05) is 24.7 Å². The minimum Gasteiger partial charge on any atom is -0.396 e. The highest BCUT2D eigenvalue weighted by Crippen LogP contribution is 2.27. The van der Waals surface area contributed by atoms with E-state index in [-0.39, 0.29) is 5.56 Å². The summed E-state index contributed by atoms with van der Waals surface area (Å²) in [6.45, 7) is 0. The van der Waals surface area contributed by atoms with Gasteiger partial charge in [-0.2, -0.15) is 0 Å². The summed E-state index contributed by atoms with van der Waals surface area (Å²) in [4.78, 5) is 1.74. The van der Waals surface area contributed by atoms with Crippen LogP contribution in [0.4, 0.5) is 15.9 Å². The van der Waals surface area contributed by atoms with Crippen LogP contribution in [0.5, 0.6) is 0 Å².